The minimum atomic E-state index is -0.154. The van der Waals surface area contributed by atoms with Crippen molar-refractivity contribution in [1.29, 1.82) is 0 Å². The molecule has 1 aromatic heterocycles. The number of carbonyl (C=O) groups excluding carboxylic acids is 1. The van der Waals surface area contributed by atoms with Gasteiger partial charge in [0, 0.05) is 11.3 Å². The van der Waals surface area contributed by atoms with Crippen LogP contribution in [0.3, 0.4) is 0 Å². The quantitative estimate of drug-likeness (QED) is 0.797. The maximum absolute atomic E-state index is 12.2. The standard InChI is InChI=1S/C14H24N4OS/c1-8(2)12-11(15)13(18-17-12)14(19)16-9-4-6-10(20-3)7-5-9/h8-10H,4-7,15H2,1-3H3,(H,16,19)(H,17,18). The van der Waals surface area contributed by atoms with Crippen LogP contribution in [0, 0.1) is 0 Å². The Bertz CT molecular complexity index is 464. The Morgan fingerprint density at radius 2 is 2.05 bits per heavy atom. The van der Waals surface area contributed by atoms with E-state index in [1.807, 2.05) is 25.6 Å². The Morgan fingerprint density at radius 3 is 2.55 bits per heavy atom. The van der Waals surface area contributed by atoms with Gasteiger partial charge in [-0.3, -0.25) is 9.89 Å². The fourth-order valence-electron chi connectivity index (χ4n) is 2.67. The lowest BCUT2D eigenvalue weighted by Gasteiger charge is -2.27. The molecule has 20 heavy (non-hydrogen) atoms. The van der Waals surface area contributed by atoms with Gasteiger partial charge >= 0.3 is 0 Å². The molecule has 112 valence electrons. The van der Waals surface area contributed by atoms with Crippen molar-refractivity contribution in [3.05, 3.63) is 11.4 Å². The summed E-state index contributed by atoms with van der Waals surface area (Å²) < 4.78 is 0. The summed E-state index contributed by atoms with van der Waals surface area (Å²) in [5.74, 6) is 0.0827. The number of rotatable bonds is 4. The number of nitrogens with one attached hydrogen (secondary N) is 2. The van der Waals surface area contributed by atoms with Crippen LogP contribution in [0.1, 0.15) is 61.6 Å². The maximum Gasteiger partial charge on any atom is 0.274 e. The van der Waals surface area contributed by atoms with Gasteiger partial charge in [-0.2, -0.15) is 16.9 Å². The largest absolute Gasteiger partial charge is 0.395 e. The molecule has 0 aromatic carbocycles. The fraction of sp³-hybridized carbons (Fsp3) is 0.714. The molecule has 0 aliphatic heterocycles. The molecule has 1 aromatic rings. The first-order chi connectivity index (χ1) is 9.52. The molecular formula is C14H24N4OS. The number of thioether (sulfide) groups is 1. The lowest BCUT2D eigenvalue weighted by atomic mass is 9.95. The molecule has 2 rings (SSSR count). The number of anilines is 1. The molecule has 4 N–H and O–H groups in total. The molecule has 1 saturated carbocycles. The highest BCUT2D eigenvalue weighted by molar-refractivity contribution is 7.99. The van der Waals surface area contributed by atoms with Gasteiger partial charge in [0.25, 0.3) is 5.91 Å². The highest BCUT2D eigenvalue weighted by Crippen LogP contribution is 2.27. The molecule has 0 saturated heterocycles. The first-order valence-electron chi connectivity index (χ1n) is 7.20. The summed E-state index contributed by atoms with van der Waals surface area (Å²) in [6.07, 6.45) is 6.57. The van der Waals surface area contributed by atoms with Crippen LogP contribution >= 0.6 is 11.8 Å². The Morgan fingerprint density at radius 1 is 1.40 bits per heavy atom. The number of nitrogens with zero attached hydrogens (tertiary/aromatic N) is 1. The molecular weight excluding hydrogens is 272 g/mol. The average molecular weight is 296 g/mol. The lowest BCUT2D eigenvalue weighted by Crippen LogP contribution is -2.38. The van der Waals surface area contributed by atoms with Crippen LogP contribution in [-0.4, -0.2) is 33.7 Å². The van der Waals surface area contributed by atoms with Gasteiger partial charge in [0.15, 0.2) is 5.69 Å². The molecule has 1 fully saturated rings. The van der Waals surface area contributed by atoms with Crippen molar-refractivity contribution in [2.75, 3.05) is 12.0 Å². The molecule has 1 aliphatic rings. The summed E-state index contributed by atoms with van der Waals surface area (Å²) in [6.45, 7) is 4.05. The summed E-state index contributed by atoms with van der Waals surface area (Å²) in [7, 11) is 0. The lowest BCUT2D eigenvalue weighted by molar-refractivity contribution is 0.0924. The van der Waals surface area contributed by atoms with Crippen LogP contribution in [0.2, 0.25) is 0 Å². The van der Waals surface area contributed by atoms with Crippen molar-refractivity contribution in [3.8, 4) is 0 Å². The normalized spacial score (nSPS) is 23.0. The van der Waals surface area contributed by atoms with Crippen LogP contribution < -0.4 is 11.1 Å². The van der Waals surface area contributed by atoms with Gasteiger partial charge in [-0.15, -0.1) is 0 Å². The van der Waals surface area contributed by atoms with Crippen molar-refractivity contribution in [2.24, 2.45) is 0 Å². The van der Waals surface area contributed by atoms with Gasteiger partial charge in [0.2, 0.25) is 0 Å². The van der Waals surface area contributed by atoms with Gasteiger partial charge in [-0.1, -0.05) is 13.8 Å². The summed E-state index contributed by atoms with van der Waals surface area (Å²) in [5.41, 5.74) is 7.65. The summed E-state index contributed by atoms with van der Waals surface area (Å²) >= 11 is 1.92. The van der Waals surface area contributed by atoms with Crippen LogP contribution in [0.15, 0.2) is 0 Å². The summed E-state index contributed by atoms with van der Waals surface area (Å²) in [6, 6.07) is 0.254. The number of aromatic nitrogens is 2. The first-order valence-corrected chi connectivity index (χ1v) is 8.49. The van der Waals surface area contributed by atoms with Crippen LogP contribution in [0.25, 0.3) is 0 Å². The first kappa shape index (κ1) is 15.2. The number of hydrogen-bond acceptors (Lipinski definition) is 4. The zero-order chi connectivity index (χ0) is 14.7. The van der Waals surface area contributed by atoms with Gasteiger partial charge < -0.3 is 11.1 Å². The smallest absolute Gasteiger partial charge is 0.274 e. The second-order valence-electron chi connectivity index (χ2n) is 5.74. The molecule has 1 amide bonds. The van der Waals surface area contributed by atoms with Gasteiger partial charge in [-0.05, 0) is 37.9 Å². The van der Waals surface area contributed by atoms with Gasteiger partial charge in [0.1, 0.15) is 0 Å². The van der Waals surface area contributed by atoms with Crippen LogP contribution in [0.5, 0.6) is 0 Å². The Kier molecular flexibility index (Phi) is 4.96. The molecule has 1 aliphatic carbocycles. The third-order valence-corrected chi connectivity index (χ3v) is 5.11. The Balaban J connectivity index is 1.96. The second-order valence-corrected chi connectivity index (χ2v) is 6.88. The Labute approximate surface area is 124 Å². The van der Waals surface area contributed by atoms with E-state index in [9.17, 15) is 4.79 Å². The number of hydrogen-bond donors (Lipinski definition) is 3. The van der Waals surface area contributed by atoms with E-state index >= 15 is 0 Å². The molecule has 5 nitrogen and oxygen atoms in total. The minimum Gasteiger partial charge on any atom is -0.395 e. The summed E-state index contributed by atoms with van der Waals surface area (Å²) in [5, 5.41) is 10.7. The molecule has 0 atom stereocenters. The van der Waals surface area contributed by atoms with E-state index in [2.05, 4.69) is 21.8 Å². The van der Waals surface area contributed by atoms with E-state index in [0.717, 1.165) is 23.8 Å². The number of carbonyl (C=O) groups is 1. The number of nitrogen functional groups attached to an aromatic ring is 1. The second kappa shape index (κ2) is 6.52. The highest BCUT2D eigenvalue weighted by atomic mass is 32.2. The number of H-pyrrole nitrogens is 1. The number of aromatic amines is 1. The number of amides is 1. The predicted molar refractivity (Wildman–Crippen MR) is 84.1 cm³/mol. The number of nitrogens with two attached hydrogens (primary N) is 1. The third kappa shape index (κ3) is 3.29. The average Bonchev–Trinajstić information content (AvgIpc) is 2.81. The molecule has 0 unspecified atom stereocenters. The highest BCUT2D eigenvalue weighted by Gasteiger charge is 2.25. The van der Waals surface area contributed by atoms with E-state index in [1.54, 1.807) is 0 Å². The molecule has 1 heterocycles. The molecule has 6 heteroatoms. The predicted octanol–water partition coefficient (Wildman–Crippen LogP) is 2.52. The molecule has 0 bridgehead atoms. The van der Waals surface area contributed by atoms with E-state index in [4.69, 9.17) is 5.73 Å². The van der Waals surface area contributed by atoms with E-state index < -0.39 is 0 Å². The van der Waals surface area contributed by atoms with Crippen LogP contribution in [-0.2, 0) is 0 Å². The summed E-state index contributed by atoms with van der Waals surface area (Å²) in [4.78, 5) is 12.2. The SMILES string of the molecule is CSC1CCC(NC(=O)c2n[nH]c(C(C)C)c2N)CC1. The van der Waals surface area contributed by atoms with Crippen molar-refractivity contribution >= 4 is 23.4 Å². The van der Waals surface area contributed by atoms with Crippen LogP contribution in [0.4, 0.5) is 5.69 Å². The van der Waals surface area contributed by atoms with Crippen molar-refractivity contribution in [3.63, 3.8) is 0 Å². The van der Waals surface area contributed by atoms with E-state index in [0.29, 0.717) is 11.4 Å². The topological polar surface area (TPSA) is 83.8 Å². The minimum absolute atomic E-state index is 0.154. The van der Waals surface area contributed by atoms with E-state index in [-0.39, 0.29) is 17.9 Å². The third-order valence-electron chi connectivity index (χ3n) is 3.97. The zero-order valence-electron chi connectivity index (χ0n) is 12.4. The van der Waals surface area contributed by atoms with Crippen molar-refractivity contribution in [1.82, 2.24) is 15.5 Å². The zero-order valence-corrected chi connectivity index (χ0v) is 13.2. The van der Waals surface area contributed by atoms with Crippen molar-refractivity contribution < 1.29 is 4.79 Å². The monoisotopic (exact) mass is 296 g/mol. The molecule has 0 spiro atoms. The maximum atomic E-state index is 12.2. The van der Waals surface area contributed by atoms with E-state index in [1.165, 1.54) is 12.8 Å². The van der Waals surface area contributed by atoms with Gasteiger partial charge in [-0.25, -0.2) is 0 Å². The Hall–Kier alpha value is -1.17. The molecule has 0 radical (unpaired) electrons. The van der Waals surface area contributed by atoms with Crippen molar-refractivity contribution in [2.45, 2.75) is 56.7 Å². The van der Waals surface area contributed by atoms with Gasteiger partial charge in [0.05, 0.1) is 11.4 Å². The fourth-order valence-corrected chi connectivity index (χ4v) is 3.42.